The standard InChI is InChI=1S/C24H34N2O6/c1-15-9-10-19-16(2)20(28-14-13-25-22(27)26-17-7-5-4-6-8-17)29-21-24(19)18(15)11-12-23(3,30-21)31-32-24/h4-8,15-16,18-21H,9-14H2,1-3H3,(H2,25,26,27)/t15-,16-,18+,19+,20+,21-,23+,24-/m1/s1. The average Bonchev–Trinajstić information content (AvgIpc) is 3.01. The Morgan fingerprint density at radius 2 is 1.94 bits per heavy atom. The molecule has 0 unspecified atom stereocenters. The van der Waals surface area contributed by atoms with Crippen molar-refractivity contribution < 1.29 is 28.8 Å². The molecule has 5 aliphatic rings. The molecule has 4 aliphatic heterocycles. The van der Waals surface area contributed by atoms with Gasteiger partial charge >= 0.3 is 6.03 Å². The van der Waals surface area contributed by atoms with Crippen LogP contribution in [0.3, 0.4) is 0 Å². The van der Waals surface area contributed by atoms with E-state index in [0.29, 0.717) is 25.0 Å². The summed E-state index contributed by atoms with van der Waals surface area (Å²) in [5.41, 5.74) is 0.165. The van der Waals surface area contributed by atoms with Crippen LogP contribution in [0.2, 0.25) is 0 Å². The van der Waals surface area contributed by atoms with Crippen LogP contribution in [0.4, 0.5) is 10.5 Å². The number of ether oxygens (including phenoxy) is 3. The average molecular weight is 447 g/mol. The third-order valence-corrected chi connectivity index (χ3v) is 7.80. The fourth-order valence-electron chi connectivity index (χ4n) is 6.10. The van der Waals surface area contributed by atoms with Crippen molar-refractivity contribution in [1.82, 2.24) is 5.32 Å². The predicted molar refractivity (Wildman–Crippen MR) is 116 cm³/mol. The number of urea groups is 1. The molecular formula is C24H34N2O6. The molecule has 1 aromatic carbocycles. The first-order valence-electron chi connectivity index (χ1n) is 11.8. The first-order chi connectivity index (χ1) is 15.4. The minimum absolute atomic E-state index is 0.119. The number of carbonyl (C=O) groups excluding carboxylic acids is 1. The topological polar surface area (TPSA) is 87.3 Å². The van der Waals surface area contributed by atoms with Gasteiger partial charge in [-0.1, -0.05) is 32.0 Å². The van der Waals surface area contributed by atoms with Crippen LogP contribution >= 0.6 is 0 Å². The van der Waals surface area contributed by atoms with E-state index >= 15 is 0 Å². The van der Waals surface area contributed by atoms with E-state index in [9.17, 15) is 4.79 Å². The van der Waals surface area contributed by atoms with Gasteiger partial charge in [0.1, 0.15) is 0 Å². The number of para-hydroxylation sites is 1. The van der Waals surface area contributed by atoms with Crippen molar-refractivity contribution in [3.05, 3.63) is 30.3 Å². The van der Waals surface area contributed by atoms with E-state index in [4.69, 9.17) is 24.0 Å². The van der Waals surface area contributed by atoms with Crippen molar-refractivity contribution in [2.75, 3.05) is 18.5 Å². The highest BCUT2D eigenvalue weighted by molar-refractivity contribution is 5.89. The molecule has 1 saturated carbocycles. The number of carbonyl (C=O) groups is 1. The molecular weight excluding hydrogens is 412 g/mol. The van der Waals surface area contributed by atoms with E-state index in [1.807, 2.05) is 37.3 Å². The van der Waals surface area contributed by atoms with Crippen LogP contribution in [0, 0.1) is 23.7 Å². The minimum atomic E-state index is -0.792. The first-order valence-corrected chi connectivity index (χ1v) is 11.8. The van der Waals surface area contributed by atoms with Gasteiger partial charge in [-0.15, -0.1) is 0 Å². The van der Waals surface area contributed by atoms with Crippen molar-refractivity contribution in [2.45, 2.75) is 70.4 Å². The summed E-state index contributed by atoms with van der Waals surface area (Å²) in [6.07, 6.45) is 3.04. The molecule has 2 bridgehead atoms. The van der Waals surface area contributed by atoms with Gasteiger partial charge in [-0.3, -0.25) is 0 Å². The zero-order valence-corrected chi connectivity index (χ0v) is 19.0. The number of hydrogen-bond donors (Lipinski definition) is 2. The van der Waals surface area contributed by atoms with Gasteiger partial charge in [-0.2, -0.15) is 0 Å². The first kappa shape index (κ1) is 22.1. The summed E-state index contributed by atoms with van der Waals surface area (Å²) >= 11 is 0. The summed E-state index contributed by atoms with van der Waals surface area (Å²) in [5.74, 6) is 0.419. The highest BCUT2D eigenvalue weighted by Gasteiger charge is 2.69. The van der Waals surface area contributed by atoms with Gasteiger partial charge < -0.3 is 24.8 Å². The van der Waals surface area contributed by atoms with Crippen molar-refractivity contribution >= 4 is 11.7 Å². The maximum Gasteiger partial charge on any atom is 0.319 e. The molecule has 1 aromatic rings. The van der Waals surface area contributed by atoms with E-state index in [-0.39, 0.29) is 17.9 Å². The largest absolute Gasteiger partial charge is 0.350 e. The lowest BCUT2D eigenvalue weighted by Gasteiger charge is -2.60. The Hall–Kier alpha value is -1.71. The monoisotopic (exact) mass is 446 g/mol. The number of amides is 2. The molecule has 0 aromatic heterocycles. The fraction of sp³-hybridized carbons (Fsp3) is 0.708. The molecule has 4 heterocycles. The Balaban J connectivity index is 1.20. The normalized spacial score (nSPS) is 42.6. The second-order valence-corrected chi connectivity index (χ2v) is 9.89. The summed E-state index contributed by atoms with van der Waals surface area (Å²) in [6.45, 7) is 7.10. The molecule has 2 N–H and O–H groups in total. The molecule has 1 spiro atoms. The SMILES string of the molecule is C[C@H]1[C@@H](OCCNC(=O)Nc2ccccc2)O[C@@H]2O[C@]3(C)CC[C@H]4[C@H](C)CC[C@@H]1[C@@]24OO3. The van der Waals surface area contributed by atoms with Gasteiger partial charge in [0.25, 0.3) is 0 Å². The highest BCUT2D eigenvalue weighted by atomic mass is 17.3. The minimum Gasteiger partial charge on any atom is -0.350 e. The Bertz CT molecular complexity index is 824. The van der Waals surface area contributed by atoms with E-state index in [0.717, 1.165) is 31.4 Å². The highest BCUT2D eigenvalue weighted by Crippen LogP contribution is 2.60. The summed E-state index contributed by atoms with van der Waals surface area (Å²) in [7, 11) is 0. The van der Waals surface area contributed by atoms with Gasteiger partial charge in [-0.25, -0.2) is 14.6 Å². The quantitative estimate of drug-likeness (QED) is 0.525. The second kappa shape index (κ2) is 8.57. The van der Waals surface area contributed by atoms with Crippen molar-refractivity contribution in [1.29, 1.82) is 0 Å². The number of hydrogen-bond acceptors (Lipinski definition) is 6. The molecule has 0 radical (unpaired) electrons. The van der Waals surface area contributed by atoms with E-state index < -0.39 is 24.0 Å². The number of fused-ring (bicyclic) bond motifs is 2. The van der Waals surface area contributed by atoms with Crippen LogP contribution in [0.25, 0.3) is 0 Å². The van der Waals surface area contributed by atoms with Crippen molar-refractivity contribution in [2.24, 2.45) is 23.7 Å². The molecule has 32 heavy (non-hydrogen) atoms. The number of benzene rings is 1. The lowest BCUT2D eigenvalue weighted by atomic mass is 9.58. The van der Waals surface area contributed by atoms with Crippen LogP contribution in [-0.4, -0.2) is 43.2 Å². The molecule has 8 atom stereocenters. The number of nitrogens with one attached hydrogen (secondary N) is 2. The maximum atomic E-state index is 12.1. The zero-order valence-electron chi connectivity index (χ0n) is 19.0. The summed E-state index contributed by atoms with van der Waals surface area (Å²) in [5, 5.41) is 5.63. The van der Waals surface area contributed by atoms with Gasteiger partial charge in [0, 0.05) is 30.5 Å². The third-order valence-electron chi connectivity index (χ3n) is 7.80. The molecule has 176 valence electrons. The van der Waals surface area contributed by atoms with Gasteiger partial charge in [0.05, 0.1) is 6.61 Å². The molecule has 8 heteroatoms. The smallest absolute Gasteiger partial charge is 0.319 e. The molecule has 6 rings (SSSR count). The van der Waals surface area contributed by atoms with Crippen LogP contribution in [-0.2, 0) is 24.0 Å². The van der Waals surface area contributed by atoms with Crippen molar-refractivity contribution in [3.63, 3.8) is 0 Å². The zero-order chi connectivity index (χ0) is 22.3. The fourth-order valence-corrected chi connectivity index (χ4v) is 6.10. The van der Waals surface area contributed by atoms with Crippen LogP contribution in [0.15, 0.2) is 30.3 Å². The van der Waals surface area contributed by atoms with Crippen LogP contribution < -0.4 is 10.6 Å². The molecule has 2 amide bonds. The molecule has 8 nitrogen and oxygen atoms in total. The Morgan fingerprint density at radius 3 is 2.75 bits per heavy atom. The predicted octanol–water partition coefficient (Wildman–Crippen LogP) is 4.03. The molecule has 5 fully saturated rings. The molecule has 1 aliphatic carbocycles. The van der Waals surface area contributed by atoms with E-state index in [2.05, 4.69) is 24.5 Å². The lowest BCUT2D eigenvalue weighted by molar-refractivity contribution is -0.577. The summed E-state index contributed by atoms with van der Waals surface area (Å²) in [4.78, 5) is 24.1. The lowest BCUT2D eigenvalue weighted by Crippen LogP contribution is -2.70. The van der Waals surface area contributed by atoms with E-state index in [1.165, 1.54) is 0 Å². The van der Waals surface area contributed by atoms with Crippen LogP contribution in [0.1, 0.15) is 46.5 Å². The Labute approximate surface area is 189 Å². The van der Waals surface area contributed by atoms with Crippen LogP contribution in [0.5, 0.6) is 0 Å². The van der Waals surface area contributed by atoms with E-state index in [1.54, 1.807) is 0 Å². The number of anilines is 1. The van der Waals surface area contributed by atoms with Gasteiger partial charge in [-0.05, 0) is 50.2 Å². The Kier molecular flexibility index (Phi) is 5.92. The maximum absolute atomic E-state index is 12.1. The third kappa shape index (κ3) is 3.82. The number of rotatable bonds is 5. The summed E-state index contributed by atoms with van der Waals surface area (Å²) in [6, 6.07) is 9.08. The second-order valence-electron chi connectivity index (χ2n) is 9.89. The van der Waals surface area contributed by atoms with Gasteiger partial charge in [0.2, 0.25) is 5.79 Å². The molecule has 4 saturated heterocycles. The Morgan fingerprint density at radius 1 is 1.12 bits per heavy atom. The van der Waals surface area contributed by atoms with Crippen molar-refractivity contribution in [3.8, 4) is 0 Å². The summed E-state index contributed by atoms with van der Waals surface area (Å²) < 4.78 is 18.8. The van der Waals surface area contributed by atoms with Gasteiger partial charge in [0.15, 0.2) is 18.2 Å².